The largest absolute Gasteiger partial charge is 0.508 e. The SMILES string of the molecule is N#[N+]c1cc(O)cc(Cl)c1. The molecule has 1 aromatic rings. The Hall–Kier alpha value is -1.27. The Labute approximate surface area is 62.5 Å². The van der Waals surface area contributed by atoms with Crippen LogP contribution in [0.2, 0.25) is 5.02 Å². The molecule has 0 saturated heterocycles. The van der Waals surface area contributed by atoms with Gasteiger partial charge in [0.05, 0.1) is 17.2 Å². The Balaban J connectivity index is 3.22. The summed E-state index contributed by atoms with van der Waals surface area (Å²) >= 11 is 5.50. The average Bonchev–Trinajstić information content (AvgIpc) is 1.85. The number of hydrogen-bond acceptors (Lipinski definition) is 2. The molecule has 1 N–H and O–H groups in total. The summed E-state index contributed by atoms with van der Waals surface area (Å²) in [5, 5.41) is 17.5. The lowest BCUT2D eigenvalue weighted by atomic mass is 10.3. The number of nitrogens with zero attached hydrogens (tertiary/aromatic N) is 2. The predicted octanol–water partition coefficient (Wildman–Crippen LogP) is 2.53. The second-order valence-corrected chi connectivity index (χ2v) is 2.20. The monoisotopic (exact) mass is 155 g/mol. The molecule has 0 aromatic heterocycles. The van der Waals surface area contributed by atoms with Gasteiger partial charge in [0.25, 0.3) is 0 Å². The summed E-state index contributed by atoms with van der Waals surface area (Å²) in [6.45, 7) is 0. The van der Waals surface area contributed by atoms with Crippen molar-refractivity contribution in [2.24, 2.45) is 0 Å². The average molecular weight is 156 g/mol. The molecule has 0 heterocycles. The number of aromatic hydroxyl groups is 1. The zero-order valence-corrected chi connectivity index (χ0v) is 5.71. The number of halogens is 1. The van der Waals surface area contributed by atoms with Crippen molar-refractivity contribution >= 4 is 17.3 Å². The molecular weight excluding hydrogens is 152 g/mol. The van der Waals surface area contributed by atoms with Crippen LogP contribution in [0.3, 0.4) is 0 Å². The maximum atomic E-state index is 8.87. The highest BCUT2D eigenvalue weighted by Crippen LogP contribution is 2.24. The summed E-state index contributed by atoms with van der Waals surface area (Å²) in [5.41, 5.74) is 0.241. The van der Waals surface area contributed by atoms with E-state index < -0.39 is 0 Å². The number of phenolic OH excluding ortho intramolecular Hbond substituents is 1. The maximum Gasteiger partial charge on any atom is 0.390 e. The summed E-state index contributed by atoms with van der Waals surface area (Å²) in [6.07, 6.45) is 0. The molecule has 1 aromatic carbocycles. The van der Waals surface area contributed by atoms with E-state index in [4.69, 9.17) is 22.1 Å². The van der Waals surface area contributed by atoms with E-state index in [-0.39, 0.29) is 11.4 Å². The topological polar surface area (TPSA) is 48.4 Å². The molecule has 4 heteroatoms. The van der Waals surface area contributed by atoms with Crippen LogP contribution in [0.15, 0.2) is 18.2 Å². The minimum atomic E-state index is -0.0136. The van der Waals surface area contributed by atoms with E-state index in [0.717, 1.165) is 0 Å². The quantitative estimate of drug-likeness (QED) is 0.586. The fourth-order valence-electron chi connectivity index (χ4n) is 0.617. The van der Waals surface area contributed by atoms with Crippen LogP contribution >= 0.6 is 11.6 Å². The Kier molecular flexibility index (Phi) is 1.74. The van der Waals surface area contributed by atoms with Gasteiger partial charge in [-0.05, 0) is 6.07 Å². The van der Waals surface area contributed by atoms with Gasteiger partial charge in [-0.2, -0.15) is 0 Å². The molecule has 0 aliphatic heterocycles. The van der Waals surface area contributed by atoms with E-state index in [0.29, 0.717) is 5.02 Å². The molecule has 0 atom stereocenters. The predicted molar refractivity (Wildman–Crippen MR) is 37.9 cm³/mol. The van der Waals surface area contributed by atoms with E-state index >= 15 is 0 Å². The minimum absolute atomic E-state index is 0.0136. The van der Waals surface area contributed by atoms with Gasteiger partial charge < -0.3 is 5.11 Å². The highest BCUT2D eigenvalue weighted by Gasteiger charge is 2.06. The highest BCUT2D eigenvalue weighted by atomic mass is 35.5. The lowest BCUT2D eigenvalue weighted by Crippen LogP contribution is -1.64. The lowest BCUT2D eigenvalue weighted by Gasteiger charge is -1.86. The highest BCUT2D eigenvalue weighted by molar-refractivity contribution is 6.31. The first-order chi connectivity index (χ1) is 4.72. The van der Waals surface area contributed by atoms with E-state index in [2.05, 4.69) is 4.98 Å². The van der Waals surface area contributed by atoms with Crippen LogP contribution in [-0.2, 0) is 0 Å². The van der Waals surface area contributed by atoms with Gasteiger partial charge in [0.2, 0.25) is 5.39 Å². The first kappa shape index (κ1) is 6.84. The van der Waals surface area contributed by atoms with Crippen LogP contribution in [0, 0.1) is 5.39 Å². The van der Waals surface area contributed by atoms with Crippen LogP contribution in [0.1, 0.15) is 0 Å². The second-order valence-electron chi connectivity index (χ2n) is 1.77. The Bertz CT molecular complexity index is 272. The van der Waals surface area contributed by atoms with Gasteiger partial charge in [0.1, 0.15) is 5.75 Å². The van der Waals surface area contributed by atoms with Crippen LogP contribution in [0.5, 0.6) is 5.75 Å². The smallest absolute Gasteiger partial charge is 0.390 e. The second kappa shape index (κ2) is 2.54. The Morgan fingerprint density at radius 2 is 2.10 bits per heavy atom. The zero-order valence-electron chi connectivity index (χ0n) is 4.95. The van der Waals surface area contributed by atoms with Crippen molar-refractivity contribution in [3.63, 3.8) is 0 Å². The van der Waals surface area contributed by atoms with Crippen LogP contribution in [-0.4, -0.2) is 5.11 Å². The van der Waals surface area contributed by atoms with Gasteiger partial charge in [-0.15, -0.1) is 0 Å². The Morgan fingerprint density at radius 1 is 1.40 bits per heavy atom. The molecule has 0 fully saturated rings. The molecule has 0 bridgehead atoms. The molecule has 0 spiro atoms. The molecule has 3 nitrogen and oxygen atoms in total. The number of rotatable bonds is 0. The lowest BCUT2D eigenvalue weighted by molar-refractivity contribution is 0.476. The molecule has 0 aliphatic carbocycles. The maximum absolute atomic E-state index is 8.87. The van der Waals surface area contributed by atoms with Crippen molar-refractivity contribution in [1.29, 1.82) is 5.39 Å². The number of benzene rings is 1. The van der Waals surface area contributed by atoms with E-state index in [1.807, 2.05) is 0 Å². The van der Waals surface area contributed by atoms with Crippen LogP contribution in [0.4, 0.5) is 5.69 Å². The van der Waals surface area contributed by atoms with Crippen LogP contribution in [0.25, 0.3) is 4.98 Å². The molecular formula is C6H4ClN2O+. The molecule has 0 unspecified atom stereocenters. The van der Waals surface area contributed by atoms with Crippen molar-refractivity contribution in [3.8, 4) is 5.75 Å². The molecule has 50 valence electrons. The third-order valence-electron chi connectivity index (χ3n) is 0.983. The number of phenols is 1. The molecule has 1 rings (SSSR count). The van der Waals surface area contributed by atoms with E-state index in [9.17, 15) is 0 Å². The normalized spacial score (nSPS) is 8.80. The van der Waals surface area contributed by atoms with E-state index in [1.54, 1.807) is 0 Å². The third-order valence-corrected chi connectivity index (χ3v) is 1.20. The molecule has 0 radical (unpaired) electrons. The number of diazo groups is 1. The molecule has 0 amide bonds. The number of hydrogen-bond donors (Lipinski definition) is 1. The summed E-state index contributed by atoms with van der Waals surface area (Å²) in [5.74, 6) is -0.0136. The molecule has 0 saturated carbocycles. The summed E-state index contributed by atoms with van der Waals surface area (Å²) < 4.78 is 0. The third kappa shape index (κ3) is 1.36. The first-order valence-corrected chi connectivity index (χ1v) is 2.95. The van der Waals surface area contributed by atoms with Crippen molar-refractivity contribution in [3.05, 3.63) is 28.2 Å². The fraction of sp³-hybridized carbons (Fsp3) is 0. The summed E-state index contributed by atoms with van der Waals surface area (Å²) in [6, 6.07) is 4.09. The van der Waals surface area contributed by atoms with Crippen LogP contribution < -0.4 is 0 Å². The molecule has 10 heavy (non-hydrogen) atoms. The van der Waals surface area contributed by atoms with Gasteiger partial charge in [-0.3, -0.25) is 0 Å². The van der Waals surface area contributed by atoms with E-state index in [1.165, 1.54) is 18.2 Å². The van der Waals surface area contributed by atoms with Crippen molar-refractivity contribution < 1.29 is 5.11 Å². The summed E-state index contributed by atoms with van der Waals surface area (Å²) in [4.78, 5) is 2.85. The van der Waals surface area contributed by atoms with Crippen molar-refractivity contribution in [1.82, 2.24) is 0 Å². The zero-order chi connectivity index (χ0) is 7.56. The van der Waals surface area contributed by atoms with Crippen molar-refractivity contribution in [2.75, 3.05) is 0 Å². The van der Waals surface area contributed by atoms with Gasteiger partial charge in [0, 0.05) is 0 Å². The van der Waals surface area contributed by atoms with Gasteiger partial charge in [-0.25, -0.2) is 0 Å². The first-order valence-electron chi connectivity index (χ1n) is 2.57. The standard InChI is InChI=1S/C6H3ClN2O/c7-4-1-5(9-8)3-6(10)2-4/h1-3H/p+1. The summed E-state index contributed by atoms with van der Waals surface area (Å²) in [7, 11) is 0. The van der Waals surface area contributed by atoms with Gasteiger partial charge >= 0.3 is 5.69 Å². The Morgan fingerprint density at radius 3 is 2.60 bits per heavy atom. The fourth-order valence-corrected chi connectivity index (χ4v) is 0.840. The minimum Gasteiger partial charge on any atom is -0.508 e. The van der Waals surface area contributed by atoms with Gasteiger partial charge in [0.15, 0.2) is 4.98 Å². The van der Waals surface area contributed by atoms with Gasteiger partial charge in [-0.1, -0.05) is 11.6 Å². The van der Waals surface area contributed by atoms with Crippen molar-refractivity contribution in [2.45, 2.75) is 0 Å². The molecule has 0 aliphatic rings.